The predicted octanol–water partition coefficient (Wildman–Crippen LogP) is 3.55. The minimum Gasteiger partial charge on any atom is -0.303 e. The van der Waals surface area contributed by atoms with Gasteiger partial charge in [-0.15, -0.1) is 0 Å². The van der Waals surface area contributed by atoms with Gasteiger partial charge in [0.1, 0.15) is 12.6 Å². The highest BCUT2D eigenvalue weighted by Crippen LogP contribution is 2.59. The zero-order chi connectivity index (χ0) is 13.4. The van der Waals surface area contributed by atoms with Crippen molar-refractivity contribution in [3.63, 3.8) is 0 Å². The highest BCUT2D eigenvalue weighted by atomic mass is 16.1. The summed E-state index contributed by atoms with van der Waals surface area (Å²) in [4.78, 5) is 22.2. The van der Waals surface area contributed by atoms with Crippen molar-refractivity contribution in [3.8, 4) is 0 Å². The van der Waals surface area contributed by atoms with Crippen molar-refractivity contribution in [1.82, 2.24) is 0 Å². The molecule has 0 aliphatic heterocycles. The lowest BCUT2D eigenvalue weighted by atomic mass is 9.48. The molecule has 100 valence electrons. The van der Waals surface area contributed by atoms with Crippen molar-refractivity contribution in [2.24, 2.45) is 22.7 Å². The van der Waals surface area contributed by atoms with E-state index < -0.39 is 0 Å². The Morgan fingerprint density at radius 3 is 2.61 bits per heavy atom. The second kappa shape index (κ2) is 4.64. The molecule has 0 saturated heterocycles. The fourth-order valence-corrected chi connectivity index (χ4v) is 4.58. The molecule has 0 aromatic rings. The largest absolute Gasteiger partial charge is 0.303 e. The van der Waals surface area contributed by atoms with Crippen LogP contribution >= 0.6 is 0 Å². The van der Waals surface area contributed by atoms with Crippen LogP contribution in [-0.4, -0.2) is 12.6 Å². The summed E-state index contributed by atoms with van der Waals surface area (Å²) in [5, 5.41) is 0. The summed E-state index contributed by atoms with van der Waals surface area (Å²) in [6.07, 6.45) is 9.13. The Morgan fingerprint density at radius 1 is 1.28 bits per heavy atom. The lowest BCUT2D eigenvalue weighted by Crippen LogP contribution is -2.49. The van der Waals surface area contributed by atoms with E-state index in [-0.39, 0.29) is 11.3 Å². The van der Waals surface area contributed by atoms with E-state index in [1.54, 1.807) is 0 Å². The Hall–Kier alpha value is -0.920. The molecule has 1 saturated carbocycles. The number of aldehydes is 2. The average molecular weight is 248 g/mol. The third kappa shape index (κ3) is 1.96. The molecule has 2 aliphatic rings. The quantitative estimate of drug-likeness (QED) is 0.716. The van der Waals surface area contributed by atoms with E-state index in [1.807, 2.05) is 0 Å². The molecule has 0 N–H and O–H groups in total. The van der Waals surface area contributed by atoms with Gasteiger partial charge < -0.3 is 4.79 Å². The van der Waals surface area contributed by atoms with Crippen LogP contribution in [0.1, 0.15) is 52.9 Å². The number of fused-ring (bicyclic) bond motifs is 1. The fourth-order valence-electron chi connectivity index (χ4n) is 4.58. The van der Waals surface area contributed by atoms with Gasteiger partial charge in [-0.2, -0.15) is 0 Å². The van der Waals surface area contributed by atoms with E-state index in [0.717, 1.165) is 31.0 Å². The minimum atomic E-state index is 0.119. The molecular formula is C16H24O2. The van der Waals surface area contributed by atoms with Crippen molar-refractivity contribution in [3.05, 3.63) is 11.6 Å². The maximum atomic E-state index is 11.2. The van der Waals surface area contributed by atoms with E-state index in [4.69, 9.17) is 0 Å². The van der Waals surface area contributed by atoms with Crippen molar-refractivity contribution in [2.45, 2.75) is 52.9 Å². The number of allylic oxidation sites excluding steroid dienone is 2. The van der Waals surface area contributed by atoms with Gasteiger partial charge in [-0.25, -0.2) is 0 Å². The maximum Gasteiger partial charge on any atom is 0.146 e. The second-order valence-corrected chi connectivity index (χ2v) is 6.91. The first kappa shape index (κ1) is 13.5. The second-order valence-electron chi connectivity index (χ2n) is 6.91. The molecule has 0 unspecified atom stereocenters. The standard InChI is InChI=1S/C16H24O2/c1-15(2)8-4-9-16(3)13(7-10-17)12(11-18)5-6-14(15)16/h5,10-11,13-14H,4,6-9H2,1-3H3/t13-,14-,16+/m0/s1. The Kier molecular flexibility index (Phi) is 3.48. The first-order valence-corrected chi connectivity index (χ1v) is 7.04. The molecule has 0 aromatic heterocycles. The van der Waals surface area contributed by atoms with Crippen molar-refractivity contribution < 1.29 is 9.59 Å². The van der Waals surface area contributed by atoms with Crippen LogP contribution in [0.4, 0.5) is 0 Å². The first-order valence-electron chi connectivity index (χ1n) is 7.04. The van der Waals surface area contributed by atoms with Gasteiger partial charge in [-0.05, 0) is 47.5 Å². The number of hydrogen-bond donors (Lipinski definition) is 0. The van der Waals surface area contributed by atoms with Gasteiger partial charge in [0.05, 0.1) is 0 Å². The molecule has 0 bridgehead atoms. The molecule has 0 amide bonds. The molecule has 1 fully saturated rings. The van der Waals surface area contributed by atoms with Crippen molar-refractivity contribution in [2.75, 3.05) is 0 Å². The monoisotopic (exact) mass is 248 g/mol. The van der Waals surface area contributed by atoms with Gasteiger partial charge in [0.15, 0.2) is 0 Å². The van der Waals surface area contributed by atoms with Gasteiger partial charge in [-0.3, -0.25) is 4.79 Å². The van der Waals surface area contributed by atoms with Gasteiger partial charge in [0, 0.05) is 6.42 Å². The zero-order valence-corrected chi connectivity index (χ0v) is 11.7. The van der Waals surface area contributed by atoms with Crippen LogP contribution in [0.15, 0.2) is 11.6 Å². The van der Waals surface area contributed by atoms with Crippen LogP contribution in [-0.2, 0) is 9.59 Å². The topological polar surface area (TPSA) is 34.1 Å². The smallest absolute Gasteiger partial charge is 0.146 e. The molecule has 0 radical (unpaired) electrons. The van der Waals surface area contributed by atoms with Crippen molar-refractivity contribution in [1.29, 1.82) is 0 Å². The molecule has 0 aromatic carbocycles. The fraction of sp³-hybridized carbons (Fsp3) is 0.750. The van der Waals surface area contributed by atoms with Gasteiger partial charge >= 0.3 is 0 Å². The number of rotatable bonds is 3. The summed E-state index contributed by atoms with van der Waals surface area (Å²) in [7, 11) is 0. The Morgan fingerprint density at radius 2 is 2.00 bits per heavy atom. The summed E-state index contributed by atoms with van der Waals surface area (Å²) >= 11 is 0. The molecule has 2 heteroatoms. The third-order valence-electron chi connectivity index (χ3n) is 5.53. The van der Waals surface area contributed by atoms with Gasteiger partial charge in [0.2, 0.25) is 0 Å². The summed E-state index contributed by atoms with van der Waals surface area (Å²) in [5.41, 5.74) is 1.30. The summed E-state index contributed by atoms with van der Waals surface area (Å²) < 4.78 is 0. The summed E-state index contributed by atoms with van der Waals surface area (Å²) in [6, 6.07) is 0. The van der Waals surface area contributed by atoms with Crippen LogP contribution in [0.25, 0.3) is 0 Å². The number of carbonyl (C=O) groups excluding carboxylic acids is 2. The molecule has 18 heavy (non-hydrogen) atoms. The predicted molar refractivity (Wildman–Crippen MR) is 72.2 cm³/mol. The van der Waals surface area contributed by atoms with E-state index >= 15 is 0 Å². The summed E-state index contributed by atoms with van der Waals surface area (Å²) in [5.74, 6) is 0.721. The van der Waals surface area contributed by atoms with E-state index in [9.17, 15) is 9.59 Å². The van der Waals surface area contributed by atoms with Crippen LogP contribution in [0.3, 0.4) is 0 Å². The lowest BCUT2D eigenvalue weighted by Gasteiger charge is -2.56. The van der Waals surface area contributed by atoms with Crippen LogP contribution in [0.5, 0.6) is 0 Å². The minimum absolute atomic E-state index is 0.119. The molecule has 2 aliphatic carbocycles. The normalized spacial score (nSPS) is 38.5. The highest BCUT2D eigenvalue weighted by molar-refractivity contribution is 5.76. The Balaban J connectivity index is 2.42. The highest BCUT2D eigenvalue weighted by Gasteiger charge is 2.52. The molecule has 0 spiro atoms. The molecule has 2 rings (SSSR count). The first-order chi connectivity index (χ1) is 8.45. The Bertz CT molecular complexity index is 381. The van der Waals surface area contributed by atoms with Crippen molar-refractivity contribution >= 4 is 12.6 Å². The van der Waals surface area contributed by atoms with Crippen LogP contribution in [0.2, 0.25) is 0 Å². The molecule has 3 atom stereocenters. The lowest BCUT2D eigenvalue weighted by molar-refractivity contribution is -0.113. The number of carbonyl (C=O) groups is 2. The van der Waals surface area contributed by atoms with E-state index in [1.165, 1.54) is 12.8 Å². The summed E-state index contributed by atoms with van der Waals surface area (Å²) in [6.45, 7) is 6.98. The van der Waals surface area contributed by atoms with Crippen LogP contribution < -0.4 is 0 Å². The van der Waals surface area contributed by atoms with Gasteiger partial charge in [0.25, 0.3) is 0 Å². The van der Waals surface area contributed by atoms with E-state index in [2.05, 4.69) is 26.8 Å². The average Bonchev–Trinajstić information content (AvgIpc) is 2.30. The maximum absolute atomic E-state index is 11.2. The Labute approximate surface area is 110 Å². The number of hydrogen-bond acceptors (Lipinski definition) is 2. The molecule has 2 nitrogen and oxygen atoms in total. The third-order valence-corrected chi connectivity index (χ3v) is 5.53. The zero-order valence-electron chi connectivity index (χ0n) is 11.7. The van der Waals surface area contributed by atoms with Gasteiger partial charge in [-0.1, -0.05) is 33.3 Å². The molecular weight excluding hydrogens is 224 g/mol. The van der Waals surface area contributed by atoms with E-state index in [0.29, 0.717) is 17.8 Å². The van der Waals surface area contributed by atoms with Crippen LogP contribution in [0, 0.1) is 22.7 Å². The molecule has 0 heterocycles. The SMILES string of the molecule is CC1(C)CCC[C@]2(C)[C@@H](CC=O)C(C=O)=CC[C@@H]12.